The zero-order valence-electron chi connectivity index (χ0n) is 17.5. The van der Waals surface area contributed by atoms with Crippen molar-refractivity contribution in [2.24, 2.45) is 17.8 Å². The molecule has 1 rings (SSSR count). The van der Waals surface area contributed by atoms with Gasteiger partial charge in [-0.2, -0.15) is 0 Å². The summed E-state index contributed by atoms with van der Waals surface area (Å²) in [4.78, 5) is 0. The summed E-state index contributed by atoms with van der Waals surface area (Å²) >= 11 is -2.94. The van der Waals surface area contributed by atoms with Crippen molar-refractivity contribution in [1.29, 1.82) is 0 Å². The summed E-state index contributed by atoms with van der Waals surface area (Å²) in [7, 11) is 0. The second-order valence-corrected chi connectivity index (χ2v) is 14.8. The van der Waals surface area contributed by atoms with Crippen LogP contribution in [0.3, 0.4) is 0 Å². The molecule has 0 heterocycles. The number of hydrogen-bond donors (Lipinski definition) is 0. The fourth-order valence-corrected chi connectivity index (χ4v) is 2.84. The molecule has 0 aliphatic heterocycles. The standard InChI is InChI=1S/C7H10FGe.3C4H10N.Zr/c1-9(2,8)7-5-3-4-6-7;3*1-4(2)3-5;/h3-6H,1-2H3;3*4-5H,3H2,1-2H3;/q4*-1;+4. The monoisotopic (exact) mass is 493 g/mol. The molecule has 1 aromatic rings. The van der Waals surface area contributed by atoms with Gasteiger partial charge < -0.3 is 17.2 Å². The average molecular weight is 493 g/mol. The van der Waals surface area contributed by atoms with E-state index in [9.17, 15) is 3.50 Å². The molecule has 3 N–H and O–H groups in total. The topological polar surface area (TPSA) is 71.4 Å². The predicted octanol–water partition coefficient (Wildman–Crippen LogP) is 6.87. The molecule has 1 aromatic carbocycles. The molecule has 0 spiro atoms. The first-order chi connectivity index (χ1) is 10.9. The van der Waals surface area contributed by atoms with Crippen LogP contribution in [0, 0.1) is 17.8 Å². The zero-order chi connectivity index (χ0) is 19.8. The molecular weight excluding hydrogens is 453 g/mol. The van der Waals surface area contributed by atoms with Crippen molar-refractivity contribution in [1.82, 2.24) is 0 Å². The van der Waals surface area contributed by atoms with Crippen molar-refractivity contribution < 1.29 is 29.7 Å². The summed E-state index contributed by atoms with van der Waals surface area (Å²) in [6, 6.07) is 7.53. The van der Waals surface area contributed by atoms with Crippen LogP contribution in [0.5, 0.6) is 0 Å². The summed E-state index contributed by atoms with van der Waals surface area (Å²) in [5, 5.41) is 0. The molecule has 3 nitrogen and oxygen atoms in total. The van der Waals surface area contributed by atoms with Gasteiger partial charge in [-0.25, -0.2) is 0 Å². The van der Waals surface area contributed by atoms with Gasteiger partial charge in [0.15, 0.2) is 0 Å². The van der Waals surface area contributed by atoms with E-state index in [1.165, 1.54) is 0 Å². The molecule has 0 bridgehead atoms. The fourth-order valence-electron chi connectivity index (χ4n) is 0.770. The molecule has 0 saturated carbocycles. The Bertz CT molecular complexity index is 318. The van der Waals surface area contributed by atoms with Crippen LogP contribution in [0.25, 0.3) is 17.2 Å². The van der Waals surface area contributed by atoms with E-state index >= 15 is 0 Å². The maximum atomic E-state index is 13.1. The van der Waals surface area contributed by atoms with Crippen LogP contribution in [-0.4, -0.2) is 33.4 Å². The van der Waals surface area contributed by atoms with E-state index in [2.05, 4.69) is 0 Å². The average Bonchev–Trinajstić information content (AvgIpc) is 3.03. The summed E-state index contributed by atoms with van der Waals surface area (Å²) in [5.41, 5.74) is 20.0. The van der Waals surface area contributed by atoms with Crippen LogP contribution >= 0.6 is 0 Å². The fraction of sp³-hybridized carbons (Fsp3) is 0.737. The van der Waals surface area contributed by atoms with E-state index in [4.69, 9.17) is 17.2 Å². The van der Waals surface area contributed by atoms with Crippen LogP contribution in [0.1, 0.15) is 41.5 Å². The van der Waals surface area contributed by atoms with Gasteiger partial charge in [-0.1, -0.05) is 59.3 Å². The van der Waals surface area contributed by atoms with Crippen molar-refractivity contribution in [3.8, 4) is 0 Å². The Balaban J connectivity index is -0.000000122. The Morgan fingerprint density at radius 3 is 1.04 bits per heavy atom. The van der Waals surface area contributed by atoms with E-state index in [0.717, 1.165) is 4.40 Å². The SMILES string of the molecule is CC(C)C[NH-].CC(C)C[NH-].CC(C)C[NH-].[CH3][Ge]([CH3])([F])[c-]1cccc1.[Zr+4]. The van der Waals surface area contributed by atoms with E-state index in [-0.39, 0.29) is 26.2 Å². The third-order valence-corrected chi connectivity index (χ3v) is 6.15. The minimum absolute atomic E-state index is 0. The van der Waals surface area contributed by atoms with Crippen molar-refractivity contribution >= 4 is 18.1 Å². The molecule has 25 heavy (non-hydrogen) atoms. The molecule has 0 aliphatic carbocycles. The van der Waals surface area contributed by atoms with E-state index in [0.29, 0.717) is 37.4 Å². The summed E-state index contributed by atoms with van der Waals surface area (Å²) in [6.07, 6.45) is 0. The predicted molar refractivity (Wildman–Crippen MR) is 112 cm³/mol. The quantitative estimate of drug-likeness (QED) is 0.325. The van der Waals surface area contributed by atoms with Gasteiger partial charge in [-0.3, -0.25) is 0 Å². The minimum atomic E-state index is -2.94. The van der Waals surface area contributed by atoms with Gasteiger partial charge in [0.2, 0.25) is 0 Å². The Hall–Kier alpha value is 0.586. The largest absolute Gasteiger partial charge is 4.00 e. The Morgan fingerprint density at radius 2 is 0.960 bits per heavy atom. The van der Waals surface area contributed by atoms with Crippen LogP contribution in [-0.2, 0) is 26.2 Å². The molecule has 6 heteroatoms. The van der Waals surface area contributed by atoms with Gasteiger partial charge in [0, 0.05) is 0 Å². The summed E-state index contributed by atoms with van der Waals surface area (Å²) in [5.74, 6) is 5.14. The normalized spacial score (nSPS) is 10.0. The zero-order valence-corrected chi connectivity index (χ0v) is 22.1. The van der Waals surface area contributed by atoms with Gasteiger partial charge in [0.25, 0.3) is 0 Å². The molecule has 0 radical (unpaired) electrons. The van der Waals surface area contributed by atoms with Gasteiger partial charge in [0.05, 0.1) is 0 Å². The Morgan fingerprint density at radius 1 is 0.760 bits per heavy atom. The van der Waals surface area contributed by atoms with Crippen molar-refractivity contribution in [2.75, 3.05) is 19.6 Å². The number of nitrogens with one attached hydrogen (secondary N) is 3. The second kappa shape index (κ2) is 20.9. The van der Waals surface area contributed by atoms with Gasteiger partial charge in [-0.15, -0.1) is 19.6 Å². The first-order valence-corrected chi connectivity index (χ1v) is 14.8. The summed E-state index contributed by atoms with van der Waals surface area (Å²) < 4.78 is 14.1. The number of halogens is 1. The van der Waals surface area contributed by atoms with Crippen molar-refractivity contribution in [3.63, 3.8) is 0 Å². The van der Waals surface area contributed by atoms with Crippen LogP contribution in [0.2, 0.25) is 11.5 Å². The molecule has 146 valence electrons. The third-order valence-electron chi connectivity index (χ3n) is 2.57. The summed E-state index contributed by atoms with van der Waals surface area (Å²) in [6.45, 7) is 13.9. The minimum Gasteiger partial charge on any atom is 4.00 e. The van der Waals surface area contributed by atoms with Gasteiger partial charge >= 0.3 is 83.6 Å². The van der Waals surface area contributed by atoms with Crippen LogP contribution in [0.4, 0.5) is 3.50 Å². The first kappa shape index (κ1) is 33.2. The van der Waals surface area contributed by atoms with E-state index in [1.54, 1.807) is 11.5 Å². The van der Waals surface area contributed by atoms with Gasteiger partial charge in [-0.05, 0) is 0 Å². The first-order valence-electron chi connectivity index (χ1n) is 8.77. The maximum absolute atomic E-state index is 13.1. The number of hydrogen-bond acceptors (Lipinski definition) is 0. The molecule has 0 saturated heterocycles. The molecule has 0 amide bonds. The smallest absolute Gasteiger partial charge is 4.00 e. The van der Waals surface area contributed by atoms with Crippen molar-refractivity contribution in [3.05, 3.63) is 41.5 Å². The molecule has 0 atom stereocenters. The molecule has 0 fully saturated rings. The molecule has 0 aliphatic rings. The second-order valence-electron chi connectivity index (χ2n) is 7.44. The van der Waals surface area contributed by atoms with Crippen LogP contribution in [0.15, 0.2) is 24.3 Å². The molecule has 0 aromatic heterocycles. The van der Waals surface area contributed by atoms with Crippen molar-refractivity contribution in [2.45, 2.75) is 53.1 Å². The molecular formula is C19H40FGeN3Zr. The van der Waals surface area contributed by atoms with E-state index < -0.39 is 13.7 Å². The third kappa shape index (κ3) is 32.7. The maximum Gasteiger partial charge on any atom is 4.00 e. The van der Waals surface area contributed by atoms with E-state index in [1.807, 2.05) is 65.8 Å². The Kier molecular flexibility index (Phi) is 27.7. The number of rotatable bonds is 4. The Labute approximate surface area is 179 Å². The van der Waals surface area contributed by atoms with Crippen LogP contribution < -0.4 is 4.40 Å². The molecule has 0 unspecified atom stereocenters. The van der Waals surface area contributed by atoms with Gasteiger partial charge in [0.1, 0.15) is 0 Å².